The lowest BCUT2D eigenvalue weighted by molar-refractivity contribution is -0.275. The van der Waals surface area contributed by atoms with E-state index in [9.17, 15) is 18.4 Å². The number of aromatic nitrogens is 2. The largest absolute Gasteiger partial charge is 0.435 e. The fourth-order valence-electron chi connectivity index (χ4n) is 3.26. The number of hydrogen-bond acceptors (Lipinski definition) is 4. The van der Waals surface area contributed by atoms with Crippen molar-refractivity contribution in [3.8, 4) is 11.8 Å². The second-order valence-electron chi connectivity index (χ2n) is 6.58. The minimum Gasteiger partial charge on any atom is -0.374 e. The molecule has 2 aromatic carbocycles. The van der Waals surface area contributed by atoms with Crippen LogP contribution in [0.2, 0.25) is 10.0 Å². The summed E-state index contributed by atoms with van der Waals surface area (Å²) in [5, 5.41) is 17.4. The van der Waals surface area contributed by atoms with Crippen molar-refractivity contribution in [1.82, 2.24) is 9.78 Å². The second-order valence-corrected chi connectivity index (χ2v) is 7.46. The van der Waals surface area contributed by atoms with Crippen molar-refractivity contribution in [1.29, 1.82) is 5.26 Å². The van der Waals surface area contributed by atoms with Gasteiger partial charge in [-0.1, -0.05) is 34.4 Å². The van der Waals surface area contributed by atoms with E-state index >= 15 is 0 Å². The third-order valence-corrected chi connectivity index (χ3v) is 5.15. The van der Waals surface area contributed by atoms with Crippen LogP contribution in [-0.2, 0) is 10.4 Å². The third-order valence-electron chi connectivity index (χ3n) is 4.72. The van der Waals surface area contributed by atoms with Gasteiger partial charge in [0.25, 0.3) is 5.60 Å². The van der Waals surface area contributed by atoms with Crippen LogP contribution in [0, 0.1) is 11.3 Å². The van der Waals surface area contributed by atoms with Gasteiger partial charge in [-0.15, -0.1) is 0 Å². The molecule has 0 N–H and O–H groups in total. The summed E-state index contributed by atoms with van der Waals surface area (Å²) >= 11 is 11.8. The van der Waals surface area contributed by atoms with Crippen molar-refractivity contribution in [2.75, 3.05) is 0 Å². The SMILES string of the molecule is N#Cc1cc(C2=NOC(c3cc(Cl)cc(Cl)c3)(C(F)(F)F)C2)ccc1-n1cccn1. The normalized spacial score (nSPS) is 18.6. The first kappa shape index (κ1) is 20.3. The molecule has 1 aliphatic rings. The Kier molecular flexibility index (Phi) is 4.96. The molecule has 0 saturated heterocycles. The molecule has 0 radical (unpaired) electrons. The summed E-state index contributed by atoms with van der Waals surface area (Å²) < 4.78 is 43.8. The lowest BCUT2D eigenvalue weighted by Crippen LogP contribution is -2.42. The number of nitriles is 1. The van der Waals surface area contributed by atoms with Gasteiger partial charge < -0.3 is 4.84 Å². The summed E-state index contributed by atoms with van der Waals surface area (Å²) in [4.78, 5) is 4.99. The number of nitrogens with zero attached hydrogens (tertiary/aromatic N) is 4. The van der Waals surface area contributed by atoms with Crippen LogP contribution in [0.3, 0.4) is 0 Å². The monoisotopic (exact) mass is 450 g/mol. The molecule has 0 spiro atoms. The van der Waals surface area contributed by atoms with Gasteiger partial charge in [-0.2, -0.15) is 23.5 Å². The Balaban J connectivity index is 1.74. The van der Waals surface area contributed by atoms with Gasteiger partial charge in [0.2, 0.25) is 0 Å². The second kappa shape index (κ2) is 7.35. The Labute approximate surface area is 178 Å². The van der Waals surface area contributed by atoms with Gasteiger partial charge in [-0.25, -0.2) is 4.68 Å². The lowest BCUT2D eigenvalue weighted by atomic mass is 9.86. The van der Waals surface area contributed by atoms with Gasteiger partial charge in [0, 0.05) is 40.0 Å². The quantitative estimate of drug-likeness (QED) is 0.519. The van der Waals surface area contributed by atoms with Gasteiger partial charge in [-0.3, -0.25) is 0 Å². The van der Waals surface area contributed by atoms with E-state index in [2.05, 4.69) is 10.3 Å². The molecule has 0 saturated carbocycles. The van der Waals surface area contributed by atoms with E-state index in [0.29, 0.717) is 11.3 Å². The summed E-state index contributed by atoms with van der Waals surface area (Å²) in [5.74, 6) is 0. The van der Waals surface area contributed by atoms with E-state index in [4.69, 9.17) is 28.0 Å². The average molecular weight is 451 g/mol. The predicted molar refractivity (Wildman–Crippen MR) is 105 cm³/mol. The zero-order valence-electron chi connectivity index (χ0n) is 15.0. The van der Waals surface area contributed by atoms with Crippen molar-refractivity contribution in [2.45, 2.75) is 18.2 Å². The lowest BCUT2D eigenvalue weighted by Gasteiger charge is -2.29. The number of rotatable bonds is 3. The van der Waals surface area contributed by atoms with E-state index < -0.39 is 18.2 Å². The van der Waals surface area contributed by atoms with Gasteiger partial charge >= 0.3 is 6.18 Å². The Morgan fingerprint density at radius 3 is 2.47 bits per heavy atom. The highest BCUT2D eigenvalue weighted by Gasteiger charge is 2.62. The molecular formula is C20H11Cl2F3N4O. The Bertz CT molecular complexity index is 1170. The Morgan fingerprint density at radius 2 is 1.87 bits per heavy atom. The van der Waals surface area contributed by atoms with Gasteiger partial charge in [0.1, 0.15) is 6.07 Å². The van der Waals surface area contributed by atoms with Crippen LogP contribution < -0.4 is 0 Å². The van der Waals surface area contributed by atoms with Crippen LogP contribution in [-0.4, -0.2) is 21.7 Å². The number of benzene rings is 2. The maximum Gasteiger partial charge on any atom is 0.435 e. The van der Waals surface area contributed by atoms with Gasteiger partial charge in [-0.05, 0) is 36.4 Å². The summed E-state index contributed by atoms with van der Waals surface area (Å²) in [6.07, 6.45) is -2.18. The van der Waals surface area contributed by atoms with Gasteiger partial charge in [0.05, 0.1) is 17.0 Å². The summed E-state index contributed by atoms with van der Waals surface area (Å²) in [6.45, 7) is 0. The molecule has 0 bridgehead atoms. The van der Waals surface area contributed by atoms with Crippen LogP contribution in [0.15, 0.2) is 60.0 Å². The van der Waals surface area contributed by atoms with E-state index in [1.807, 2.05) is 6.07 Å². The smallest absolute Gasteiger partial charge is 0.374 e. The maximum atomic E-state index is 14.1. The van der Waals surface area contributed by atoms with Crippen molar-refractivity contribution in [2.24, 2.45) is 5.16 Å². The highest BCUT2D eigenvalue weighted by atomic mass is 35.5. The molecule has 5 nitrogen and oxygen atoms in total. The fraction of sp³-hybridized carbons (Fsp3) is 0.150. The van der Waals surface area contributed by atoms with Gasteiger partial charge in [0.15, 0.2) is 0 Å². The predicted octanol–water partition coefficient (Wildman–Crippen LogP) is 5.63. The Hall–Kier alpha value is -3.02. The van der Waals surface area contributed by atoms with Crippen LogP contribution >= 0.6 is 23.2 Å². The first-order valence-electron chi connectivity index (χ1n) is 8.56. The highest BCUT2D eigenvalue weighted by Crippen LogP contribution is 2.49. The fourth-order valence-corrected chi connectivity index (χ4v) is 3.79. The molecule has 1 aromatic heterocycles. The van der Waals surface area contributed by atoms with Crippen molar-refractivity contribution in [3.05, 3.63) is 81.6 Å². The van der Waals surface area contributed by atoms with Crippen LogP contribution in [0.5, 0.6) is 0 Å². The molecule has 4 rings (SSSR count). The van der Waals surface area contributed by atoms with Crippen LogP contribution in [0.25, 0.3) is 5.69 Å². The first-order chi connectivity index (χ1) is 14.2. The first-order valence-corrected chi connectivity index (χ1v) is 9.32. The number of halogens is 5. The molecule has 1 atom stereocenters. The zero-order chi connectivity index (χ0) is 21.5. The molecule has 1 aliphatic heterocycles. The summed E-state index contributed by atoms with van der Waals surface area (Å²) in [6, 6.07) is 12.0. The molecule has 30 heavy (non-hydrogen) atoms. The van der Waals surface area contributed by atoms with Crippen molar-refractivity contribution < 1.29 is 18.0 Å². The average Bonchev–Trinajstić information content (AvgIpc) is 3.37. The highest BCUT2D eigenvalue weighted by molar-refractivity contribution is 6.34. The summed E-state index contributed by atoms with van der Waals surface area (Å²) in [5.41, 5.74) is -1.87. The maximum absolute atomic E-state index is 14.1. The van der Waals surface area contributed by atoms with E-state index in [1.54, 1.807) is 30.6 Å². The van der Waals surface area contributed by atoms with Crippen LogP contribution in [0.1, 0.15) is 23.1 Å². The van der Waals surface area contributed by atoms with E-state index in [-0.39, 0.29) is 26.9 Å². The molecule has 3 aromatic rings. The summed E-state index contributed by atoms with van der Waals surface area (Å²) in [7, 11) is 0. The molecule has 0 amide bonds. The molecule has 0 fully saturated rings. The zero-order valence-corrected chi connectivity index (χ0v) is 16.5. The van der Waals surface area contributed by atoms with Crippen molar-refractivity contribution in [3.63, 3.8) is 0 Å². The molecular weight excluding hydrogens is 440 g/mol. The molecule has 2 heterocycles. The topological polar surface area (TPSA) is 63.2 Å². The Morgan fingerprint density at radius 1 is 1.13 bits per heavy atom. The number of oxime groups is 1. The molecule has 152 valence electrons. The number of alkyl halides is 3. The van der Waals surface area contributed by atoms with E-state index in [1.165, 1.54) is 16.8 Å². The minimum atomic E-state index is -4.79. The third kappa shape index (κ3) is 3.40. The van der Waals surface area contributed by atoms with E-state index in [0.717, 1.165) is 12.1 Å². The molecule has 1 unspecified atom stereocenters. The van der Waals surface area contributed by atoms with Crippen molar-refractivity contribution >= 4 is 28.9 Å². The van der Waals surface area contributed by atoms with Crippen LogP contribution in [0.4, 0.5) is 13.2 Å². The molecule has 0 aliphatic carbocycles. The number of hydrogen-bond donors (Lipinski definition) is 0. The molecule has 10 heteroatoms. The standard InChI is InChI=1S/C20H11Cl2F3N4O/c21-15-7-14(8-16(22)9-15)19(20(23,24)25)10-17(28-30-19)12-2-3-18(13(6-12)11-26)29-5-1-4-27-29/h1-9H,10H2. The minimum absolute atomic E-state index is 0.0481.